The molecule has 0 atom stereocenters. The quantitative estimate of drug-likeness (QED) is 0.731. The first-order chi connectivity index (χ1) is 10.7. The van der Waals surface area contributed by atoms with E-state index in [1.165, 1.54) is 11.1 Å². The molecular formula is C18H19N3S. The van der Waals surface area contributed by atoms with Gasteiger partial charge in [0.15, 0.2) is 0 Å². The standard InChI is InChI=1S/C18H19N3S/c1-2-6-17-20-15-9-3-4-10-16(15)21(17)12-13-7-5-8-14(11-13)18(19)22/h3-5,7-11H,2,6,12H2,1H3,(H2,19,22). The number of para-hydroxylation sites is 2. The number of nitrogens with zero attached hydrogens (tertiary/aromatic N) is 2. The normalized spacial score (nSPS) is 11.0. The van der Waals surface area contributed by atoms with Crippen LogP contribution in [0.3, 0.4) is 0 Å². The summed E-state index contributed by atoms with van der Waals surface area (Å²) in [4.78, 5) is 5.20. The van der Waals surface area contributed by atoms with Crippen molar-refractivity contribution in [2.24, 2.45) is 5.73 Å². The lowest BCUT2D eigenvalue weighted by Gasteiger charge is -2.10. The minimum Gasteiger partial charge on any atom is -0.389 e. The van der Waals surface area contributed by atoms with Crippen LogP contribution in [0.25, 0.3) is 11.0 Å². The number of aryl methyl sites for hydroxylation is 1. The minimum atomic E-state index is 0.436. The first-order valence-electron chi connectivity index (χ1n) is 7.52. The molecule has 0 aliphatic carbocycles. The summed E-state index contributed by atoms with van der Waals surface area (Å²) in [6.07, 6.45) is 2.06. The summed E-state index contributed by atoms with van der Waals surface area (Å²) in [5.74, 6) is 1.13. The zero-order chi connectivity index (χ0) is 15.5. The number of thiocarbonyl (C=S) groups is 1. The van der Waals surface area contributed by atoms with Gasteiger partial charge in [0.1, 0.15) is 10.8 Å². The van der Waals surface area contributed by atoms with Crippen molar-refractivity contribution in [1.82, 2.24) is 9.55 Å². The van der Waals surface area contributed by atoms with Crippen molar-refractivity contribution in [1.29, 1.82) is 0 Å². The van der Waals surface area contributed by atoms with Crippen LogP contribution in [0.1, 0.15) is 30.3 Å². The van der Waals surface area contributed by atoms with Crippen molar-refractivity contribution in [2.45, 2.75) is 26.3 Å². The first kappa shape index (κ1) is 14.7. The number of hydrogen-bond acceptors (Lipinski definition) is 2. The van der Waals surface area contributed by atoms with Gasteiger partial charge >= 0.3 is 0 Å². The molecule has 0 spiro atoms. The maximum atomic E-state index is 5.74. The number of hydrogen-bond donors (Lipinski definition) is 1. The number of imidazole rings is 1. The van der Waals surface area contributed by atoms with E-state index in [9.17, 15) is 0 Å². The van der Waals surface area contributed by atoms with Gasteiger partial charge in [-0.25, -0.2) is 4.98 Å². The van der Waals surface area contributed by atoms with Crippen LogP contribution in [0.15, 0.2) is 48.5 Å². The lowest BCUT2D eigenvalue weighted by molar-refractivity contribution is 0.722. The van der Waals surface area contributed by atoms with Gasteiger partial charge in [0.05, 0.1) is 11.0 Å². The molecule has 0 amide bonds. The van der Waals surface area contributed by atoms with E-state index in [1.54, 1.807) is 0 Å². The highest BCUT2D eigenvalue weighted by atomic mass is 32.1. The Bertz CT molecular complexity index is 820. The molecule has 112 valence electrons. The Morgan fingerprint density at radius 3 is 2.77 bits per heavy atom. The molecule has 3 nitrogen and oxygen atoms in total. The summed E-state index contributed by atoms with van der Waals surface area (Å²) in [6.45, 7) is 2.96. The molecule has 0 bridgehead atoms. The van der Waals surface area contributed by atoms with Gasteiger partial charge < -0.3 is 10.3 Å². The first-order valence-corrected chi connectivity index (χ1v) is 7.92. The van der Waals surface area contributed by atoms with E-state index in [0.29, 0.717) is 4.99 Å². The van der Waals surface area contributed by atoms with Crippen LogP contribution in [-0.2, 0) is 13.0 Å². The van der Waals surface area contributed by atoms with Crippen molar-refractivity contribution < 1.29 is 0 Å². The molecule has 2 N–H and O–H groups in total. The Morgan fingerprint density at radius 1 is 1.18 bits per heavy atom. The molecule has 1 heterocycles. The molecule has 0 saturated carbocycles. The molecule has 0 saturated heterocycles. The maximum absolute atomic E-state index is 5.74. The fourth-order valence-corrected chi connectivity index (χ4v) is 2.85. The number of nitrogens with two attached hydrogens (primary N) is 1. The zero-order valence-electron chi connectivity index (χ0n) is 12.6. The fraction of sp³-hybridized carbons (Fsp3) is 0.222. The smallest absolute Gasteiger partial charge is 0.110 e. The van der Waals surface area contributed by atoms with E-state index in [4.69, 9.17) is 22.9 Å². The SMILES string of the molecule is CCCc1nc2ccccc2n1Cc1cccc(C(N)=S)c1. The second kappa shape index (κ2) is 6.28. The molecule has 2 aromatic carbocycles. The number of rotatable bonds is 5. The minimum absolute atomic E-state index is 0.436. The fourth-order valence-electron chi connectivity index (χ4n) is 2.72. The van der Waals surface area contributed by atoms with Crippen LogP contribution in [-0.4, -0.2) is 14.5 Å². The van der Waals surface area contributed by atoms with Crippen molar-refractivity contribution in [3.63, 3.8) is 0 Å². The highest BCUT2D eigenvalue weighted by molar-refractivity contribution is 7.80. The molecule has 0 aliphatic rings. The lowest BCUT2D eigenvalue weighted by Crippen LogP contribution is -2.10. The number of fused-ring (bicyclic) bond motifs is 1. The second-order valence-corrected chi connectivity index (χ2v) is 5.86. The molecule has 0 unspecified atom stereocenters. The Labute approximate surface area is 135 Å². The molecule has 1 aromatic heterocycles. The van der Waals surface area contributed by atoms with E-state index in [1.807, 2.05) is 18.2 Å². The maximum Gasteiger partial charge on any atom is 0.110 e. The van der Waals surface area contributed by atoms with Crippen molar-refractivity contribution in [3.05, 3.63) is 65.5 Å². The van der Waals surface area contributed by atoms with E-state index in [-0.39, 0.29) is 0 Å². The topological polar surface area (TPSA) is 43.8 Å². The second-order valence-electron chi connectivity index (χ2n) is 5.42. The lowest BCUT2D eigenvalue weighted by atomic mass is 10.1. The highest BCUT2D eigenvalue weighted by Gasteiger charge is 2.10. The molecule has 22 heavy (non-hydrogen) atoms. The van der Waals surface area contributed by atoms with Gasteiger partial charge in [-0.2, -0.15) is 0 Å². The van der Waals surface area contributed by atoms with Crippen molar-refractivity contribution in [2.75, 3.05) is 0 Å². The van der Waals surface area contributed by atoms with Gasteiger partial charge in [-0.1, -0.05) is 49.5 Å². The van der Waals surface area contributed by atoms with Gasteiger partial charge in [0.25, 0.3) is 0 Å². The Balaban J connectivity index is 2.04. The molecular weight excluding hydrogens is 290 g/mol. The predicted octanol–water partition coefficient (Wildman–Crippen LogP) is 3.67. The van der Waals surface area contributed by atoms with Crippen LogP contribution < -0.4 is 5.73 Å². The van der Waals surface area contributed by atoms with Crippen molar-refractivity contribution in [3.8, 4) is 0 Å². The summed E-state index contributed by atoms with van der Waals surface area (Å²) < 4.78 is 2.29. The summed E-state index contributed by atoms with van der Waals surface area (Å²) in [7, 11) is 0. The Kier molecular flexibility index (Phi) is 4.20. The largest absolute Gasteiger partial charge is 0.389 e. The van der Waals surface area contributed by atoms with Gasteiger partial charge in [-0.15, -0.1) is 0 Å². The van der Waals surface area contributed by atoms with Crippen LogP contribution in [0.5, 0.6) is 0 Å². The highest BCUT2D eigenvalue weighted by Crippen LogP contribution is 2.19. The van der Waals surface area contributed by atoms with Crippen LogP contribution in [0, 0.1) is 0 Å². The Hall–Kier alpha value is -2.20. The summed E-state index contributed by atoms with van der Waals surface area (Å²) in [5, 5.41) is 0. The molecule has 0 aliphatic heterocycles. The van der Waals surface area contributed by atoms with Gasteiger partial charge in [0.2, 0.25) is 0 Å². The third kappa shape index (κ3) is 2.88. The predicted molar refractivity (Wildman–Crippen MR) is 95.2 cm³/mol. The van der Waals surface area contributed by atoms with E-state index in [0.717, 1.165) is 36.3 Å². The summed E-state index contributed by atoms with van der Waals surface area (Å²) in [5.41, 5.74) is 10.1. The summed E-state index contributed by atoms with van der Waals surface area (Å²) in [6, 6.07) is 16.4. The Morgan fingerprint density at radius 2 is 2.00 bits per heavy atom. The average molecular weight is 309 g/mol. The third-order valence-corrected chi connectivity index (χ3v) is 4.00. The zero-order valence-corrected chi connectivity index (χ0v) is 13.4. The van der Waals surface area contributed by atoms with Gasteiger partial charge in [-0.05, 0) is 30.2 Å². The third-order valence-electron chi connectivity index (χ3n) is 3.76. The average Bonchev–Trinajstić information content (AvgIpc) is 2.86. The molecule has 4 heteroatoms. The van der Waals surface area contributed by atoms with E-state index < -0.39 is 0 Å². The monoisotopic (exact) mass is 309 g/mol. The van der Waals surface area contributed by atoms with E-state index in [2.05, 4.69) is 41.8 Å². The van der Waals surface area contributed by atoms with E-state index >= 15 is 0 Å². The van der Waals surface area contributed by atoms with Crippen molar-refractivity contribution >= 4 is 28.2 Å². The van der Waals surface area contributed by atoms with Crippen LogP contribution in [0.2, 0.25) is 0 Å². The molecule has 3 rings (SSSR count). The summed E-state index contributed by atoms with van der Waals surface area (Å²) >= 11 is 5.07. The number of benzene rings is 2. The van der Waals surface area contributed by atoms with Gasteiger partial charge in [0, 0.05) is 18.5 Å². The molecule has 3 aromatic rings. The van der Waals surface area contributed by atoms with Crippen LogP contribution >= 0.6 is 12.2 Å². The number of aromatic nitrogens is 2. The van der Waals surface area contributed by atoms with Crippen LogP contribution in [0.4, 0.5) is 0 Å². The molecule has 0 fully saturated rings. The van der Waals surface area contributed by atoms with Gasteiger partial charge in [-0.3, -0.25) is 0 Å². The molecule has 0 radical (unpaired) electrons.